The third kappa shape index (κ3) is 6.76. The summed E-state index contributed by atoms with van der Waals surface area (Å²) in [6, 6.07) is 9.61. The zero-order valence-electron chi connectivity index (χ0n) is 19.3. The number of nitrogens with zero attached hydrogens (tertiary/aromatic N) is 3. The van der Waals surface area contributed by atoms with Gasteiger partial charge in [0.25, 0.3) is 0 Å². The van der Waals surface area contributed by atoms with Gasteiger partial charge in [-0.2, -0.15) is 0 Å². The molecule has 2 N–H and O–H groups in total. The van der Waals surface area contributed by atoms with Gasteiger partial charge < -0.3 is 29.2 Å². The van der Waals surface area contributed by atoms with E-state index in [0.29, 0.717) is 5.76 Å². The molecule has 32 heavy (non-hydrogen) atoms. The number of hydrogen-bond acceptors (Lipinski definition) is 6. The van der Waals surface area contributed by atoms with Crippen LogP contribution in [-0.4, -0.2) is 74.4 Å². The molecule has 3 rings (SSSR count). The number of benzene rings is 1. The molecule has 1 aromatic carbocycles. The number of hydrogen-bond donors (Lipinski definition) is 2. The number of guanidine groups is 1. The second-order valence-electron chi connectivity index (χ2n) is 7.87. The van der Waals surface area contributed by atoms with Gasteiger partial charge >= 0.3 is 0 Å². The summed E-state index contributed by atoms with van der Waals surface area (Å²) >= 11 is 0. The fraction of sp³-hybridized carbons (Fsp3) is 0.522. The Morgan fingerprint density at radius 1 is 1.16 bits per heavy atom. The molecule has 0 aliphatic carbocycles. The molecule has 2 heterocycles. The monoisotopic (exact) mass is 558 g/mol. The molecule has 1 aliphatic rings. The maximum absolute atomic E-state index is 10.7. The molecule has 1 aliphatic heterocycles. The van der Waals surface area contributed by atoms with E-state index >= 15 is 0 Å². The van der Waals surface area contributed by atoms with Crippen molar-refractivity contribution in [3.05, 3.63) is 47.9 Å². The molecule has 1 fully saturated rings. The molecule has 1 saturated heterocycles. The van der Waals surface area contributed by atoms with Gasteiger partial charge in [0.2, 0.25) is 0 Å². The van der Waals surface area contributed by atoms with E-state index in [0.717, 1.165) is 56.7 Å². The summed E-state index contributed by atoms with van der Waals surface area (Å²) < 4.78 is 16.1. The van der Waals surface area contributed by atoms with Crippen molar-refractivity contribution in [3.8, 4) is 11.5 Å². The number of methoxy groups -OCH3 is 2. The van der Waals surface area contributed by atoms with E-state index in [1.165, 1.54) is 5.56 Å². The van der Waals surface area contributed by atoms with Gasteiger partial charge in [-0.3, -0.25) is 4.90 Å². The lowest BCUT2D eigenvalue weighted by atomic mass is 10.0. The zero-order valence-corrected chi connectivity index (χ0v) is 21.7. The molecule has 0 spiro atoms. The first kappa shape index (κ1) is 26.3. The first-order valence-corrected chi connectivity index (χ1v) is 10.7. The number of rotatable bonds is 8. The minimum atomic E-state index is -1.14. The third-order valence-electron chi connectivity index (χ3n) is 5.45. The van der Waals surface area contributed by atoms with Crippen LogP contribution in [0.15, 0.2) is 46.0 Å². The first-order chi connectivity index (χ1) is 15.0. The van der Waals surface area contributed by atoms with Crippen molar-refractivity contribution in [1.82, 2.24) is 15.1 Å². The average Bonchev–Trinajstić information content (AvgIpc) is 3.33. The van der Waals surface area contributed by atoms with Crippen LogP contribution in [0, 0.1) is 0 Å². The molecular weight excluding hydrogens is 523 g/mol. The van der Waals surface area contributed by atoms with Crippen molar-refractivity contribution < 1.29 is 19.0 Å². The summed E-state index contributed by atoms with van der Waals surface area (Å²) in [7, 11) is 3.31. The molecule has 1 unspecified atom stereocenters. The highest BCUT2D eigenvalue weighted by Crippen LogP contribution is 2.28. The summed E-state index contributed by atoms with van der Waals surface area (Å²) in [5.74, 6) is 2.84. The highest BCUT2D eigenvalue weighted by Gasteiger charge is 2.27. The Hall–Kier alpha value is -1.98. The molecule has 1 atom stereocenters. The normalized spacial score (nSPS) is 16.8. The van der Waals surface area contributed by atoms with Crippen LogP contribution < -0.4 is 14.8 Å². The Bertz CT molecular complexity index is 850. The van der Waals surface area contributed by atoms with Crippen LogP contribution >= 0.6 is 24.0 Å². The second kappa shape index (κ2) is 12.3. The fourth-order valence-corrected chi connectivity index (χ4v) is 3.67. The molecule has 178 valence electrons. The number of ether oxygens (including phenoxy) is 2. The topological polar surface area (TPSA) is 82.7 Å². The highest BCUT2D eigenvalue weighted by atomic mass is 127. The van der Waals surface area contributed by atoms with Gasteiger partial charge in [-0.1, -0.05) is 6.07 Å². The van der Waals surface area contributed by atoms with E-state index in [-0.39, 0.29) is 30.5 Å². The van der Waals surface area contributed by atoms with Gasteiger partial charge in [-0.05, 0) is 43.7 Å². The maximum atomic E-state index is 10.7. The summed E-state index contributed by atoms with van der Waals surface area (Å²) in [4.78, 5) is 9.35. The van der Waals surface area contributed by atoms with Gasteiger partial charge in [0.05, 0.1) is 27.0 Å². The lowest BCUT2D eigenvalue weighted by Crippen LogP contribution is -2.52. The largest absolute Gasteiger partial charge is 0.493 e. The summed E-state index contributed by atoms with van der Waals surface area (Å²) in [5.41, 5.74) is 0.0561. The summed E-state index contributed by atoms with van der Waals surface area (Å²) in [6.45, 7) is 9.20. The third-order valence-corrected chi connectivity index (χ3v) is 5.45. The average molecular weight is 558 g/mol. The van der Waals surface area contributed by atoms with Crippen molar-refractivity contribution in [3.63, 3.8) is 0 Å². The minimum absolute atomic E-state index is 0. The highest BCUT2D eigenvalue weighted by molar-refractivity contribution is 14.0. The summed E-state index contributed by atoms with van der Waals surface area (Å²) in [5, 5.41) is 14.0. The predicted molar refractivity (Wildman–Crippen MR) is 136 cm³/mol. The Balaban J connectivity index is 0.00000363. The Kier molecular flexibility index (Phi) is 10.1. The van der Waals surface area contributed by atoms with E-state index in [9.17, 15) is 5.11 Å². The van der Waals surface area contributed by atoms with Crippen LogP contribution in [0.3, 0.4) is 0 Å². The van der Waals surface area contributed by atoms with Gasteiger partial charge in [0.15, 0.2) is 17.5 Å². The lowest BCUT2D eigenvalue weighted by molar-refractivity contribution is 0.0433. The number of nitrogens with one attached hydrogen (secondary N) is 1. The van der Waals surface area contributed by atoms with E-state index < -0.39 is 5.60 Å². The standard InChI is InChI=1S/C23H34N4O4.HI/c1-5-24-22(25-17-23(2,28)21-7-6-14-31-21)27-12-10-26(11-13-27)16-18-8-9-19(29-3)20(15-18)30-4;/h6-9,14-15,28H,5,10-13,16-17H2,1-4H3,(H,24,25);1H. The molecule has 0 saturated carbocycles. The molecule has 0 amide bonds. The molecule has 0 bridgehead atoms. The number of aliphatic hydroxyl groups is 1. The zero-order chi connectivity index (χ0) is 22.3. The smallest absolute Gasteiger partial charge is 0.194 e. The fourth-order valence-electron chi connectivity index (χ4n) is 3.67. The summed E-state index contributed by atoms with van der Waals surface area (Å²) in [6.07, 6.45) is 1.57. The van der Waals surface area contributed by atoms with Crippen molar-refractivity contribution in [1.29, 1.82) is 0 Å². The maximum Gasteiger partial charge on any atom is 0.194 e. The number of piperazine rings is 1. The van der Waals surface area contributed by atoms with Gasteiger partial charge in [0, 0.05) is 39.3 Å². The van der Waals surface area contributed by atoms with Crippen LogP contribution in [0.25, 0.3) is 0 Å². The minimum Gasteiger partial charge on any atom is -0.493 e. The van der Waals surface area contributed by atoms with Crippen molar-refractivity contribution in [2.24, 2.45) is 4.99 Å². The first-order valence-electron chi connectivity index (χ1n) is 10.7. The number of aliphatic imine (C=N–C) groups is 1. The molecule has 8 nitrogen and oxygen atoms in total. The molecule has 0 radical (unpaired) electrons. The second-order valence-corrected chi connectivity index (χ2v) is 7.87. The van der Waals surface area contributed by atoms with E-state index in [4.69, 9.17) is 13.9 Å². The van der Waals surface area contributed by atoms with Crippen molar-refractivity contribution in [2.75, 3.05) is 53.5 Å². The van der Waals surface area contributed by atoms with E-state index in [1.54, 1.807) is 39.5 Å². The van der Waals surface area contributed by atoms with Gasteiger partial charge in [-0.15, -0.1) is 24.0 Å². The SMILES string of the molecule is CCNC(=NCC(C)(O)c1ccco1)N1CCN(Cc2ccc(OC)c(OC)c2)CC1.I. The molecule has 9 heteroatoms. The molecule has 1 aromatic heterocycles. The van der Waals surface area contributed by atoms with E-state index in [1.807, 2.05) is 19.1 Å². The Labute approximate surface area is 207 Å². The van der Waals surface area contributed by atoms with Crippen LogP contribution in [-0.2, 0) is 12.1 Å². The predicted octanol–water partition coefficient (Wildman–Crippen LogP) is 2.91. The van der Waals surface area contributed by atoms with Crippen molar-refractivity contribution >= 4 is 29.9 Å². The van der Waals surface area contributed by atoms with E-state index in [2.05, 4.69) is 26.2 Å². The van der Waals surface area contributed by atoms with Crippen molar-refractivity contribution in [2.45, 2.75) is 26.0 Å². The van der Waals surface area contributed by atoms with Crippen LogP contribution in [0.5, 0.6) is 11.5 Å². The quantitative estimate of drug-likeness (QED) is 0.293. The van der Waals surface area contributed by atoms with Gasteiger partial charge in [-0.25, -0.2) is 4.99 Å². The number of furan rings is 1. The van der Waals surface area contributed by atoms with Crippen LogP contribution in [0.4, 0.5) is 0 Å². The molecule has 2 aromatic rings. The number of halogens is 1. The Morgan fingerprint density at radius 3 is 2.47 bits per heavy atom. The Morgan fingerprint density at radius 2 is 1.88 bits per heavy atom. The lowest BCUT2D eigenvalue weighted by Gasteiger charge is -2.37. The molecular formula is C23H35IN4O4. The van der Waals surface area contributed by atoms with Gasteiger partial charge in [0.1, 0.15) is 11.4 Å². The van der Waals surface area contributed by atoms with Crippen LogP contribution in [0.2, 0.25) is 0 Å². The van der Waals surface area contributed by atoms with Crippen LogP contribution in [0.1, 0.15) is 25.2 Å².